The van der Waals surface area contributed by atoms with E-state index >= 15 is 0 Å². The number of rotatable bonds is 3. The van der Waals surface area contributed by atoms with E-state index < -0.39 is 0 Å². The lowest BCUT2D eigenvalue weighted by Crippen LogP contribution is -2.38. The Bertz CT molecular complexity index is 877. The summed E-state index contributed by atoms with van der Waals surface area (Å²) in [6.07, 6.45) is 7.16. The number of benzene rings is 1. The van der Waals surface area contributed by atoms with Crippen molar-refractivity contribution in [2.24, 2.45) is 5.92 Å². The van der Waals surface area contributed by atoms with Gasteiger partial charge in [0.15, 0.2) is 0 Å². The summed E-state index contributed by atoms with van der Waals surface area (Å²) in [4.78, 5) is 19.2. The standard InChI is InChI=1S/C21H23N3O/c1-16-15-24-12-9-19(14-20(24)22-16)21(25)23-10-7-18(8-11-23)13-17-5-3-2-4-6-17/h2-6,9,12,14-15,18H,7-8,10-11,13H2,1H3. The Hall–Kier alpha value is -2.62. The van der Waals surface area contributed by atoms with Gasteiger partial charge in [0, 0.05) is 31.0 Å². The first-order valence-electron chi connectivity index (χ1n) is 8.97. The van der Waals surface area contributed by atoms with Crippen LogP contribution in [-0.2, 0) is 6.42 Å². The Morgan fingerprint density at radius 3 is 2.68 bits per heavy atom. The lowest BCUT2D eigenvalue weighted by molar-refractivity contribution is 0.0690. The first-order chi connectivity index (χ1) is 12.2. The van der Waals surface area contributed by atoms with Crippen LogP contribution in [0.25, 0.3) is 5.65 Å². The largest absolute Gasteiger partial charge is 0.339 e. The van der Waals surface area contributed by atoms with E-state index in [-0.39, 0.29) is 5.91 Å². The van der Waals surface area contributed by atoms with Crippen LogP contribution in [0.2, 0.25) is 0 Å². The van der Waals surface area contributed by atoms with Crippen molar-refractivity contribution in [2.45, 2.75) is 26.2 Å². The van der Waals surface area contributed by atoms with Crippen molar-refractivity contribution in [2.75, 3.05) is 13.1 Å². The van der Waals surface area contributed by atoms with Crippen LogP contribution in [0.5, 0.6) is 0 Å². The van der Waals surface area contributed by atoms with Crippen molar-refractivity contribution in [3.63, 3.8) is 0 Å². The van der Waals surface area contributed by atoms with E-state index in [1.54, 1.807) is 0 Å². The van der Waals surface area contributed by atoms with Crippen LogP contribution < -0.4 is 0 Å². The van der Waals surface area contributed by atoms with Gasteiger partial charge in [-0.1, -0.05) is 30.3 Å². The molecule has 0 bridgehead atoms. The van der Waals surface area contributed by atoms with Gasteiger partial charge in [-0.25, -0.2) is 4.98 Å². The van der Waals surface area contributed by atoms with Gasteiger partial charge in [0.1, 0.15) is 5.65 Å². The van der Waals surface area contributed by atoms with Crippen molar-refractivity contribution >= 4 is 11.6 Å². The van der Waals surface area contributed by atoms with E-state index in [0.29, 0.717) is 5.92 Å². The summed E-state index contributed by atoms with van der Waals surface area (Å²) in [6.45, 7) is 3.65. The van der Waals surface area contributed by atoms with Crippen LogP contribution in [0.3, 0.4) is 0 Å². The molecular weight excluding hydrogens is 310 g/mol. The van der Waals surface area contributed by atoms with Gasteiger partial charge in [-0.3, -0.25) is 4.79 Å². The van der Waals surface area contributed by atoms with E-state index in [0.717, 1.165) is 49.3 Å². The number of fused-ring (bicyclic) bond motifs is 1. The molecule has 0 atom stereocenters. The number of amides is 1. The third-order valence-corrected chi connectivity index (χ3v) is 5.10. The molecule has 0 radical (unpaired) electrons. The highest BCUT2D eigenvalue weighted by atomic mass is 16.2. The predicted octanol–water partition coefficient (Wildman–Crippen LogP) is 3.74. The van der Waals surface area contributed by atoms with Gasteiger partial charge in [0.05, 0.1) is 5.69 Å². The average Bonchev–Trinajstić information content (AvgIpc) is 3.02. The molecule has 0 unspecified atom stereocenters. The first kappa shape index (κ1) is 15.9. The number of imidazole rings is 1. The Morgan fingerprint density at radius 1 is 1.16 bits per heavy atom. The van der Waals surface area contributed by atoms with E-state index in [2.05, 4.69) is 35.3 Å². The van der Waals surface area contributed by atoms with E-state index in [9.17, 15) is 4.79 Å². The number of carbonyl (C=O) groups excluding carboxylic acids is 1. The maximum Gasteiger partial charge on any atom is 0.254 e. The van der Waals surface area contributed by atoms with Gasteiger partial charge in [-0.2, -0.15) is 0 Å². The molecular formula is C21H23N3O. The molecule has 1 fully saturated rings. The quantitative estimate of drug-likeness (QED) is 0.732. The van der Waals surface area contributed by atoms with Crippen molar-refractivity contribution in [1.82, 2.24) is 14.3 Å². The van der Waals surface area contributed by atoms with Crippen molar-refractivity contribution in [1.29, 1.82) is 0 Å². The summed E-state index contributed by atoms with van der Waals surface area (Å²) in [5.74, 6) is 0.796. The highest BCUT2D eigenvalue weighted by Crippen LogP contribution is 2.23. The molecule has 1 aromatic carbocycles. The number of hydrogen-bond donors (Lipinski definition) is 0. The Kier molecular flexibility index (Phi) is 4.26. The van der Waals surface area contributed by atoms with E-state index in [1.165, 1.54) is 5.56 Å². The molecule has 4 rings (SSSR count). The molecule has 1 aliphatic rings. The normalized spacial score (nSPS) is 15.6. The van der Waals surface area contributed by atoms with Gasteiger partial charge in [0.2, 0.25) is 0 Å². The number of carbonyl (C=O) groups is 1. The van der Waals surface area contributed by atoms with Crippen LogP contribution in [0.1, 0.15) is 34.5 Å². The molecule has 1 saturated heterocycles. The maximum absolute atomic E-state index is 12.8. The average molecular weight is 333 g/mol. The minimum atomic E-state index is 0.126. The number of aryl methyl sites for hydroxylation is 1. The number of likely N-dealkylation sites (tertiary alicyclic amines) is 1. The molecule has 0 aliphatic carbocycles. The summed E-state index contributed by atoms with van der Waals surface area (Å²) in [5, 5.41) is 0. The van der Waals surface area contributed by atoms with Crippen molar-refractivity contribution in [3.05, 3.63) is 71.7 Å². The molecule has 0 saturated carbocycles. The van der Waals surface area contributed by atoms with Crippen molar-refractivity contribution < 1.29 is 4.79 Å². The Balaban J connectivity index is 1.40. The second-order valence-electron chi connectivity index (χ2n) is 6.99. The predicted molar refractivity (Wildman–Crippen MR) is 98.7 cm³/mol. The van der Waals surface area contributed by atoms with Gasteiger partial charge < -0.3 is 9.30 Å². The maximum atomic E-state index is 12.8. The second-order valence-corrected chi connectivity index (χ2v) is 6.99. The molecule has 3 heterocycles. The lowest BCUT2D eigenvalue weighted by atomic mass is 9.90. The molecule has 4 nitrogen and oxygen atoms in total. The van der Waals surface area contributed by atoms with Gasteiger partial charge >= 0.3 is 0 Å². The second kappa shape index (κ2) is 6.71. The zero-order chi connectivity index (χ0) is 17.2. The third kappa shape index (κ3) is 3.43. The fraction of sp³-hybridized carbons (Fsp3) is 0.333. The molecule has 25 heavy (non-hydrogen) atoms. The molecule has 0 N–H and O–H groups in total. The fourth-order valence-electron chi connectivity index (χ4n) is 3.71. The molecule has 1 aliphatic heterocycles. The number of pyridine rings is 1. The minimum Gasteiger partial charge on any atom is -0.339 e. The number of aromatic nitrogens is 2. The molecule has 0 spiro atoms. The van der Waals surface area contributed by atoms with E-state index in [4.69, 9.17) is 0 Å². The third-order valence-electron chi connectivity index (χ3n) is 5.10. The van der Waals surface area contributed by atoms with Crippen LogP contribution >= 0.6 is 0 Å². The van der Waals surface area contributed by atoms with Crippen molar-refractivity contribution in [3.8, 4) is 0 Å². The summed E-state index contributed by atoms with van der Waals surface area (Å²) >= 11 is 0. The number of piperidine rings is 1. The first-order valence-corrected chi connectivity index (χ1v) is 8.97. The summed E-state index contributed by atoms with van der Waals surface area (Å²) in [7, 11) is 0. The van der Waals surface area contributed by atoms with Crippen LogP contribution in [-0.4, -0.2) is 33.3 Å². The van der Waals surface area contributed by atoms with Crippen LogP contribution in [0.15, 0.2) is 54.9 Å². The molecule has 3 aromatic rings. The van der Waals surface area contributed by atoms with Gasteiger partial charge in [-0.15, -0.1) is 0 Å². The summed E-state index contributed by atoms with van der Waals surface area (Å²) in [6, 6.07) is 14.4. The molecule has 128 valence electrons. The minimum absolute atomic E-state index is 0.126. The topological polar surface area (TPSA) is 37.6 Å². The highest BCUT2D eigenvalue weighted by Gasteiger charge is 2.24. The smallest absolute Gasteiger partial charge is 0.254 e. The molecule has 4 heteroatoms. The Labute approximate surface area is 148 Å². The fourth-order valence-corrected chi connectivity index (χ4v) is 3.71. The monoisotopic (exact) mass is 333 g/mol. The van der Waals surface area contributed by atoms with Crippen LogP contribution in [0, 0.1) is 12.8 Å². The zero-order valence-electron chi connectivity index (χ0n) is 14.6. The van der Waals surface area contributed by atoms with Gasteiger partial charge in [-0.05, 0) is 49.8 Å². The van der Waals surface area contributed by atoms with Gasteiger partial charge in [0.25, 0.3) is 5.91 Å². The summed E-state index contributed by atoms with van der Waals surface area (Å²) in [5.41, 5.74) is 3.93. The van der Waals surface area contributed by atoms with Crippen LogP contribution in [0.4, 0.5) is 0 Å². The SMILES string of the molecule is Cc1cn2ccc(C(=O)N3CCC(Cc4ccccc4)CC3)cc2n1. The molecule has 2 aromatic heterocycles. The number of hydrogen-bond acceptors (Lipinski definition) is 2. The zero-order valence-corrected chi connectivity index (χ0v) is 14.6. The summed E-state index contributed by atoms with van der Waals surface area (Å²) < 4.78 is 1.96. The number of nitrogens with zero attached hydrogens (tertiary/aromatic N) is 3. The highest BCUT2D eigenvalue weighted by molar-refractivity contribution is 5.95. The van der Waals surface area contributed by atoms with E-state index in [1.807, 2.05) is 40.8 Å². The molecule has 1 amide bonds. The lowest BCUT2D eigenvalue weighted by Gasteiger charge is -2.32. The Morgan fingerprint density at radius 2 is 1.92 bits per heavy atom.